The minimum atomic E-state index is 0.0310. The minimum Gasteiger partial charge on any atom is -0.497 e. The Balaban J connectivity index is 1.96. The van der Waals surface area contributed by atoms with Crippen LogP contribution >= 0.6 is 11.6 Å². The molecule has 0 bridgehead atoms. The van der Waals surface area contributed by atoms with E-state index in [0.717, 1.165) is 29.2 Å². The number of rotatable bonds is 5. The molecule has 2 aromatic rings. The quantitative estimate of drug-likeness (QED) is 0.896. The zero-order valence-corrected chi connectivity index (χ0v) is 11.7. The number of hydrogen-bond acceptors (Lipinski definition) is 2. The van der Waals surface area contributed by atoms with E-state index in [-0.39, 0.29) is 6.04 Å². The van der Waals surface area contributed by atoms with Gasteiger partial charge >= 0.3 is 0 Å². The van der Waals surface area contributed by atoms with E-state index in [1.807, 2.05) is 36.4 Å². The van der Waals surface area contributed by atoms with Crippen molar-refractivity contribution in [3.8, 4) is 5.75 Å². The highest BCUT2D eigenvalue weighted by atomic mass is 35.5. The van der Waals surface area contributed by atoms with Gasteiger partial charge in [-0.05, 0) is 48.2 Å². The van der Waals surface area contributed by atoms with Crippen LogP contribution in [0.15, 0.2) is 48.5 Å². The van der Waals surface area contributed by atoms with E-state index >= 15 is 0 Å². The van der Waals surface area contributed by atoms with Crippen molar-refractivity contribution in [2.24, 2.45) is 5.73 Å². The van der Waals surface area contributed by atoms with Crippen LogP contribution in [0.3, 0.4) is 0 Å². The van der Waals surface area contributed by atoms with Gasteiger partial charge in [0.25, 0.3) is 0 Å². The Morgan fingerprint density at radius 3 is 2.58 bits per heavy atom. The van der Waals surface area contributed by atoms with E-state index in [9.17, 15) is 0 Å². The summed E-state index contributed by atoms with van der Waals surface area (Å²) in [5.41, 5.74) is 8.55. The monoisotopic (exact) mass is 275 g/mol. The lowest BCUT2D eigenvalue weighted by molar-refractivity contribution is 0.414. The maximum Gasteiger partial charge on any atom is 0.119 e. The molecule has 3 heteroatoms. The third-order valence-corrected chi connectivity index (χ3v) is 3.43. The normalized spacial score (nSPS) is 12.2. The number of halogens is 1. The van der Waals surface area contributed by atoms with Crippen LogP contribution in [0, 0.1) is 0 Å². The summed E-state index contributed by atoms with van der Waals surface area (Å²) in [6.45, 7) is 0. The smallest absolute Gasteiger partial charge is 0.119 e. The van der Waals surface area contributed by atoms with Crippen molar-refractivity contribution in [2.75, 3.05) is 7.11 Å². The largest absolute Gasteiger partial charge is 0.497 e. The Morgan fingerprint density at radius 2 is 1.89 bits per heavy atom. The number of aryl methyl sites for hydroxylation is 1. The van der Waals surface area contributed by atoms with Gasteiger partial charge in [0, 0.05) is 11.1 Å². The van der Waals surface area contributed by atoms with Gasteiger partial charge in [-0.3, -0.25) is 0 Å². The number of ether oxygens (including phenoxy) is 1. The molecular weight excluding hydrogens is 258 g/mol. The first-order valence-electron chi connectivity index (χ1n) is 6.33. The average molecular weight is 276 g/mol. The lowest BCUT2D eigenvalue weighted by atomic mass is 10.00. The van der Waals surface area contributed by atoms with Gasteiger partial charge in [0.1, 0.15) is 5.75 Å². The van der Waals surface area contributed by atoms with E-state index in [2.05, 4.69) is 12.1 Å². The van der Waals surface area contributed by atoms with Crippen LogP contribution < -0.4 is 10.5 Å². The number of benzene rings is 2. The zero-order chi connectivity index (χ0) is 13.7. The molecule has 1 unspecified atom stereocenters. The Hall–Kier alpha value is -1.51. The first-order chi connectivity index (χ1) is 9.19. The lowest BCUT2D eigenvalue weighted by Crippen LogP contribution is -2.11. The van der Waals surface area contributed by atoms with Gasteiger partial charge < -0.3 is 10.5 Å². The van der Waals surface area contributed by atoms with Crippen molar-refractivity contribution in [2.45, 2.75) is 18.9 Å². The van der Waals surface area contributed by atoms with E-state index < -0.39 is 0 Å². The second kappa shape index (κ2) is 6.60. The first kappa shape index (κ1) is 13.9. The fraction of sp³-hybridized carbons (Fsp3) is 0.250. The van der Waals surface area contributed by atoms with E-state index in [4.69, 9.17) is 22.1 Å². The Bertz CT molecular complexity index is 525. The molecule has 0 aliphatic carbocycles. The van der Waals surface area contributed by atoms with Crippen LogP contribution in [0.5, 0.6) is 5.75 Å². The van der Waals surface area contributed by atoms with Crippen molar-refractivity contribution in [1.29, 1.82) is 0 Å². The molecule has 0 spiro atoms. The summed E-state index contributed by atoms with van der Waals surface area (Å²) in [5, 5.41) is 0.740. The van der Waals surface area contributed by atoms with Crippen molar-refractivity contribution in [3.05, 3.63) is 64.7 Å². The van der Waals surface area contributed by atoms with Gasteiger partial charge in [-0.2, -0.15) is 0 Å². The predicted octanol–water partition coefficient (Wildman–Crippen LogP) is 3.98. The number of nitrogens with two attached hydrogens (primary N) is 1. The number of methoxy groups -OCH3 is 1. The molecule has 0 radical (unpaired) electrons. The fourth-order valence-electron chi connectivity index (χ4n) is 2.03. The zero-order valence-electron chi connectivity index (χ0n) is 11.0. The molecule has 0 saturated heterocycles. The lowest BCUT2D eigenvalue weighted by Gasteiger charge is -2.12. The van der Waals surface area contributed by atoms with Gasteiger partial charge in [-0.25, -0.2) is 0 Å². The number of hydrogen-bond donors (Lipinski definition) is 1. The summed E-state index contributed by atoms with van der Waals surface area (Å²) in [6.07, 6.45) is 1.83. The van der Waals surface area contributed by atoms with Crippen LogP contribution in [0.25, 0.3) is 0 Å². The van der Waals surface area contributed by atoms with Gasteiger partial charge in [0.15, 0.2) is 0 Å². The molecule has 1 atom stereocenters. The van der Waals surface area contributed by atoms with Crippen molar-refractivity contribution in [3.63, 3.8) is 0 Å². The summed E-state index contributed by atoms with van der Waals surface area (Å²) in [6, 6.07) is 15.8. The van der Waals surface area contributed by atoms with Gasteiger partial charge in [0.05, 0.1) is 7.11 Å². The molecule has 2 rings (SSSR count). The Kier molecular flexibility index (Phi) is 4.83. The van der Waals surface area contributed by atoms with Crippen LogP contribution in [0.1, 0.15) is 23.6 Å². The van der Waals surface area contributed by atoms with E-state index in [0.29, 0.717) is 0 Å². The Morgan fingerprint density at radius 1 is 1.16 bits per heavy atom. The minimum absolute atomic E-state index is 0.0310. The van der Waals surface area contributed by atoms with Crippen LogP contribution in [-0.4, -0.2) is 7.11 Å². The molecule has 2 aromatic carbocycles. The topological polar surface area (TPSA) is 35.2 Å². The molecule has 0 aliphatic heterocycles. The van der Waals surface area contributed by atoms with Crippen LogP contribution in [0.4, 0.5) is 0 Å². The van der Waals surface area contributed by atoms with Crippen LogP contribution in [0.2, 0.25) is 5.02 Å². The molecule has 0 amide bonds. The second-order valence-electron chi connectivity index (χ2n) is 4.55. The maximum atomic E-state index is 6.19. The van der Waals surface area contributed by atoms with E-state index in [1.165, 1.54) is 5.56 Å². The van der Waals surface area contributed by atoms with Gasteiger partial charge in [-0.15, -0.1) is 0 Å². The molecule has 0 saturated carbocycles. The van der Waals surface area contributed by atoms with Crippen molar-refractivity contribution < 1.29 is 4.74 Å². The summed E-state index contributed by atoms with van der Waals surface area (Å²) in [7, 11) is 1.68. The second-order valence-corrected chi connectivity index (χ2v) is 4.98. The highest BCUT2D eigenvalue weighted by molar-refractivity contribution is 6.30. The molecular formula is C16H18ClNO. The molecule has 0 fully saturated rings. The molecule has 2 nitrogen and oxygen atoms in total. The average Bonchev–Trinajstić information content (AvgIpc) is 2.46. The van der Waals surface area contributed by atoms with Crippen molar-refractivity contribution in [1.82, 2.24) is 0 Å². The third-order valence-electron chi connectivity index (χ3n) is 3.18. The van der Waals surface area contributed by atoms with Gasteiger partial charge in [-0.1, -0.05) is 35.9 Å². The van der Waals surface area contributed by atoms with Gasteiger partial charge in [0.2, 0.25) is 0 Å². The SMILES string of the molecule is COc1cccc(CCC(N)c2ccc(Cl)cc2)c1. The maximum absolute atomic E-state index is 6.19. The summed E-state index contributed by atoms with van der Waals surface area (Å²) >= 11 is 5.87. The first-order valence-corrected chi connectivity index (χ1v) is 6.71. The molecule has 0 heterocycles. The molecule has 100 valence electrons. The fourth-order valence-corrected chi connectivity index (χ4v) is 2.15. The van der Waals surface area contributed by atoms with Crippen LogP contribution in [-0.2, 0) is 6.42 Å². The third kappa shape index (κ3) is 3.98. The molecule has 0 aromatic heterocycles. The summed E-state index contributed by atoms with van der Waals surface area (Å²) in [5.74, 6) is 0.887. The molecule has 19 heavy (non-hydrogen) atoms. The Labute approximate surface area is 119 Å². The standard InChI is InChI=1S/C16H18ClNO/c1-19-15-4-2-3-12(11-15)5-10-16(18)13-6-8-14(17)9-7-13/h2-4,6-9,11,16H,5,10,18H2,1H3. The highest BCUT2D eigenvalue weighted by Gasteiger charge is 2.06. The van der Waals surface area contributed by atoms with E-state index in [1.54, 1.807) is 7.11 Å². The predicted molar refractivity (Wildman–Crippen MR) is 79.7 cm³/mol. The molecule has 0 aliphatic rings. The van der Waals surface area contributed by atoms with Crippen molar-refractivity contribution >= 4 is 11.6 Å². The summed E-state index contributed by atoms with van der Waals surface area (Å²) < 4.78 is 5.21. The summed E-state index contributed by atoms with van der Waals surface area (Å²) in [4.78, 5) is 0. The highest BCUT2D eigenvalue weighted by Crippen LogP contribution is 2.20. The molecule has 2 N–H and O–H groups in total.